The number of rotatable bonds is 11. The highest BCUT2D eigenvalue weighted by Crippen LogP contribution is 2.31. The largest absolute Gasteiger partial charge is 0.496 e. The number of para-hydroxylation sites is 1. The highest BCUT2D eigenvalue weighted by Gasteiger charge is 2.42. The van der Waals surface area contributed by atoms with Gasteiger partial charge in [0.15, 0.2) is 11.9 Å². The molecular formula is C29H27N3O6. The number of aliphatic hydroxyl groups is 1. The summed E-state index contributed by atoms with van der Waals surface area (Å²) in [4.78, 5) is 12.8. The molecule has 5 rings (SSSR count). The predicted molar refractivity (Wildman–Crippen MR) is 137 cm³/mol. The molecule has 1 aliphatic rings. The van der Waals surface area contributed by atoms with E-state index in [1.807, 2.05) is 84.9 Å². The molecule has 3 aromatic carbocycles. The summed E-state index contributed by atoms with van der Waals surface area (Å²) in [5.41, 5.74) is 3.13. The molecule has 1 aromatic heterocycles. The van der Waals surface area contributed by atoms with E-state index < -0.39 is 18.2 Å². The normalized spacial score (nSPS) is 15.7. The van der Waals surface area contributed by atoms with Crippen LogP contribution in [-0.4, -0.2) is 45.4 Å². The van der Waals surface area contributed by atoms with Gasteiger partial charge in [-0.15, -0.1) is 5.10 Å². The maximum Gasteiger partial charge on any atom is 0.378 e. The maximum absolute atomic E-state index is 12.8. The number of hydrogen-bond donors (Lipinski definition) is 1. The Morgan fingerprint density at radius 2 is 1.55 bits per heavy atom. The minimum atomic E-state index is -1.17. The zero-order chi connectivity index (χ0) is 26.3. The molecule has 4 aromatic rings. The van der Waals surface area contributed by atoms with Crippen molar-refractivity contribution in [3.05, 3.63) is 114 Å². The van der Waals surface area contributed by atoms with Crippen LogP contribution in [0.1, 0.15) is 11.1 Å². The number of ether oxygens (including phenoxy) is 4. The Balaban J connectivity index is 1.35. The van der Waals surface area contributed by atoms with Gasteiger partial charge in [-0.2, -0.15) is 0 Å². The second kappa shape index (κ2) is 11.6. The van der Waals surface area contributed by atoms with E-state index in [2.05, 4.69) is 10.3 Å². The van der Waals surface area contributed by atoms with E-state index in [1.165, 1.54) is 4.68 Å². The minimum absolute atomic E-state index is 0.00422. The monoisotopic (exact) mass is 513 g/mol. The second-order valence-corrected chi connectivity index (χ2v) is 8.66. The molecule has 1 N–H and O–H groups in total. The number of methoxy groups -OCH3 is 1. The molecule has 0 saturated carbocycles. The van der Waals surface area contributed by atoms with Gasteiger partial charge >= 0.3 is 5.97 Å². The number of aliphatic hydroxyl groups excluding tert-OH is 1. The van der Waals surface area contributed by atoms with Crippen LogP contribution in [0.4, 0.5) is 0 Å². The van der Waals surface area contributed by atoms with Crippen molar-refractivity contribution in [3.8, 4) is 17.0 Å². The van der Waals surface area contributed by atoms with Crippen molar-refractivity contribution >= 4 is 5.97 Å². The maximum atomic E-state index is 12.8. The van der Waals surface area contributed by atoms with Crippen LogP contribution in [0.15, 0.2) is 103 Å². The fraction of sp³-hybridized carbons (Fsp3) is 0.207. The van der Waals surface area contributed by atoms with Gasteiger partial charge in [-0.3, -0.25) is 0 Å². The fourth-order valence-electron chi connectivity index (χ4n) is 4.10. The Morgan fingerprint density at radius 1 is 0.921 bits per heavy atom. The van der Waals surface area contributed by atoms with Gasteiger partial charge in [-0.05, 0) is 23.3 Å². The van der Waals surface area contributed by atoms with Crippen LogP contribution in [0.3, 0.4) is 0 Å². The van der Waals surface area contributed by atoms with E-state index in [1.54, 1.807) is 13.3 Å². The van der Waals surface area contributed by atoms with Crippen LogP contribution in [0, 0.1) is 0 Å². The van der Waals surface area contributed by atoms with E-state index >= 15 is 0 Å². The third-order valence-electron chi connectivity index (χ3n) is 6.01. The van der Waals surface area contributed by atoms with Gasteiger partial charge < -0.3 is 24.1 Å². The third-order valence-corrected chi connectivity index (χ3v) is 6.01. The smallest absolute Gasteiger partial charge is 0.378 e. The summed E-state index contributed by atoms with van der Waals surface area (Å²) in [6.45, 7) is 0.331. The quantitative estimate of drug-likeness (QED) is 0.301. The summed E-state index contributed by atoms with van der Waals surface area (Å²) in [5, 5.41) is 19.5. The van der Waals surface area contributed by atoms with Gasteiger partial charge in [-0.25, -0.2) is 9.48 Å². The first-order chi connectivity index (χ1) is 18.6. The lowest BCUT2D eigenvalue weighted by atomic mass is 10.1. The number of aromatic nitrogens is 3. The second-order valence-electron chi connectivity index (χ2n) is 8.66. The van der Waals surface area contributed by atoms with E-state index in [9.17, 15) is 9.90 Å². The lowest BCUT2D eigenvalue weighted by Crippen LogP contribution is -2.33. The Morgan fingerprint density at radius 3 is 2.24 bits per heavy atom. The molecule has 0 saturated heterocycles. The molecule has 0 radical (unpaired) electrons. The first-order valence-electron chi connectivity index (χ1n) is 12.1. The first kappa shape index (κ1) is 25.0. The van der Waals surface area contributed by atoms with Gasteiger partial charge in [0.2, 0.25) is 5.76 Å². The van der Waals surface area contributed by atoms with Crippen LogP contribution in [0.5, 0.6) is 5.75 Å². The summed E-state index contributed by atoms with van der Waals surface area (Å²) in [5.74, 6) is 0.0559. The molecule has 0 spiro atoms. The van der Waals surface area contributed by atoms with Crippen molar-refractivity contribution in [2.24, 2.45) is 0 Å². The SMILES string of the molecule is COc1ccccc1-c1cn(C[C@H](O)[C@H]2OC(=O)C(OCc3ccccc3)=C2OCc2ccccc2)nn1. The summed E-state index contributed by atoms with van der Waals surface area (Å²) in [6.07, 6.45) is -0.551. The Kier molecular flexibility index (Phi) is 7.65. The Labute approximate surface area is 219 Å². The van der Waals surface area contributed by atoms with E-state index in [0.29, 0.717) is 11.4 Å². The van der Waals surface area contributed by atoms with Crippen molar-refractivity contribution < 1.29 is 28.8 Å². The molecular weight excluding hydrogens is 486 g/mol. The van der Waals surface area contributed by atoms with E-state index in [-0.39, 0.29) is 31.3 Å². The average molecular weight is 514 g/mol. The van der Waals surface area contributed by atoms with Crippen molar-refractivity contribution in [2.75, 3.05) is 7.11 Å². The number of benzene rings is 3. The van der Waals surface area contributed by atoms with Crippen molar-refractivity contribution in [1.29, 1.82) is 0 Å². The highest BCUT2D eigenvalue weighted by atomic mass is 16.6. The van der Waals surface area contributed by atoms with Crippen LogP contribution in [0.25, 0.3) is 11.3 Å². The van der Waals surface area contributed by atoms with E-state index in [4.69, 9.17) is 18.9 Å². The molecule has 194 valence electrons. The number of carbonyl (C=O) groups excluding carboxylic acids is 1. The number of hydrogen-bond acceptors (Lipinski definition) is 8. The highest BCUT2D eigenvalue weighted by molar-refractivity contribution is 5.89. The third kappa shape index (κ3) is 5.68. The number of cyclic esters (lactones) is 1. The molecule has 2 heterocycles. The molecule has 0 aliphatic carbocycles. The first-order valence-corrected chi connectivity index (χ1v) is 12.1. The van der Waals surface area contributed by atoms with Gasteiger partial charge in [0.05, 0.1) is 19.9 Å². The summed E-state index contributed by atoms with van der Waals surface area (Å²) >= 11 is 0. The molecule has 0 bridgehead atoms. The topological polar surface area (TPSA) is 105 Å². The number of carbonyl (C=O) groups is 1. The lowest BCUT2D eigenvalue weighted by molar-refractivity contribution is -0.148. The zero-order valence-electron chi connectivity index (χ0n) is 20.8. The van der Waals surface area contributed by atoms with Crippen molar-refractivity contribution in [3.63, 3.8) is 0 Å². The average Bonchev–Trinajstić information content (AvgIpc) is 3.55. The zero-order valence-corrected chi connectivity index (χ0v) is 20.8. The van der Waals surface area contributed by atoms with Crippen LogP contribution >= 0.6 is 0 Å². The van der Waals surface area contributed by atoms with Gasteiger partial charge in [-0.1, -0.05) is 78.0 Å². The molecule has 9 heteroatoms. The van der Waals surface area contributed by atoms with E-state index in [0.717, 1.165) is 16.7 Å². The molecule has 1 aliphatic heterocycles. The Hall–Kier alpha value is -4.63. The number of nitrogens with zero attached hydrogens (tertiary/aromatic N) is 3. The molecule has 0 unspecified atom stereocenters. The van der Waals surface area contributed by atoms with Crippen molar-refractivity contribution in [2.45, 2.75) is 32.0 Å². The molecule has 0 amide bonds. The summed E-state index contributed by atoms with van der Waals surface area (Å²) in [6, 6.07) is 26.4. The summed E-state index contributed by atoms with van der Waals surface area (Å²) in [7, 11) is 1.59. The molecule has 38 heavy (non-hydrogen) atoms. The standard InChI is InChI=1S/C29H27N3O6/c1-35-25-15-9-8-14-22(25)23-16-32(31-30-23)17-24(33)26-27(36-18-20-10-4-2-5-11-20)28(29(34)38-26)37-19-21-12-6-3-7-13-21/h2-16,24,26,33H,17-19H2,1H3/t24-,26+/m0/s1. The van der Waals surface area contributed by atoms with Gasteiger partial charge in [0, 0.05) is 5.56 Å². The van der Waals surface area contributed by atoms with Gasteiger partial charge in [0.1, 0.15) is 30.8 Å². The predicted octanol–water partition coefficient (Wildman–Crippen LogP) is 3.89. The summed E-state index contributed by atoms with van der Waals surface area (Å²) < 4.78 is 24.3. The fourth-order valence-corrected chi connectivity index (χ4v) is 4.10. The van der Waals surface area contributed by atoms with Crippen LogP contribution in [0.2, 0.25) is 0 Å². The molecule has 9 nitrogen and oxygen atoms in total. The van der Waals surface area contributed by atoms with Crippen LogP contribution < -0.4 is 4.74 Å². The van der Waals surface area contributed by atoms with Gasteiger partial charge in [0.25, 0.3) is 0 Å². The number of esters is 1. The van der Waals surface area contributed by atoms with Crippen molar-refractivity contribution in [1.82, 2.24) is 15.0 Å². The molecule has 0 fully saturated rings. The minimum Gasteiger partial charge on any atom is -0.496 e. The molecule has 2 atom stereocenters. The lowest BCUT2D eigenvalue weighted by Gasteiger charge is -2.20. The Bertz CT molecular complexity index is 1400. The van der Waals surface area contributed by atoms with Crippen LogP contribution in [-0.2, 0) is 38.8 Å².